The zero-order chi connectivity index (χ0) is 11.9. The average molecular weight is 240 g/mol. The standard InChI is InChI=1S/C14H16N4/c15-9-3-4-10-16-17-14(18(10)6-9)13-11-7-1-2-8(5-7)12(11)13/h3-4,6-8,11-13H,1-2,5,15H2. The van der Waals surface area contributed by atoms with E-state index in [1.165, 1.54) is 19.3 Å². The molecule has 2 heterocycles. The summed E-state index contributed by atoms with van der Waals surface area (Å²) in [4.78, 5) is 0. The molecular weight excluding hydrogens is 224 g/mol. The van der Waals surface area contributed by atoms with Crippen LogP contribution < -0.4 is 5.73 Å². The van der Waals surface area contributed by atoms with Crippen molar-refractivity contribution in [3.8, 4) is 0 Å². The Kier molecular flexibility index (Phi) is 1.49. The molecule has 2 bridgehead atoms. The summed E-state index contributed by atoms with van der Waals surface area (Å²) in [5.41, 5.74) is 7.60. The molecule has 3 aliphatic carbocycles. The van der Waals surface area contributed by atoms with Crippen LogP contribution in [0.4, 0.5) is 5.69 Å². The third kappa shape index (κ3) is 0.982. The number of hydrogen-bond donors (Lipinski definition) is 1. The quantitative estimate of drug-likeness (QED) is 0.830. The van der Waals surface area contributed by atoms with Crippen molar-refractivity contribution in [2.45, 2.75) is 25.2 Å². The van der Waals surface area contributed by atoms with E-state index >= 15 is 0 Å². The van der Waals surface area contributed by atoms with Gasteiger partial charge in [0, 0.05) is 17.8 Å². The van der Waals surface area contributed by atoms with Crippen LogP contribution in [0.5, 0.6) is 0 Å². The molecule has 0 radical (unpaired) electrons. The Labute approximate surface area is 105 Å². The van der Waals surface area contributed by atoms with Crippen molar-refractivity contribution in [1.82, 2.24) is 14.6 Å². The SMILES string of the molecule is Nc1ccc2nnc(C3C4C5CCC(C5)C34)n2c1. The van der Waals surface area contributed by atoms with Gasteiger partial charge in [-0.15, -0.1) is 10.2 Å². The minimum atomic E-state index is 0.660. The first kappa shape index (κ1) is 9.36. The summed E-state index contributed by atoms with van der Waals surface area (Å²) in [6, 6.07) is 3.85. The van der Waals surface area contributed by atoms with E-state index in [1.807, 2.05) is 18.3 Å². The minimum Gasteiger partial charge on any atom is -0.398 e. The van der Waals surface area contributed by atoms with E-state index < -0.39 is 0 Å². The van der Waals surface area contributed by atoms with Gasteiger partial charge in [0.15, 0.2) is 5.65 Å². The van der Waals surface area contributed by atoms with Gasteiger partial charge in [-0.1, -0.05) is 0 Å². The molecule has 0 spiro atoms. The minimum absolute atomic E-state index is 0.660. The van der Waals surface area contributed by atoms with Gasteiger partial charge in [-0.2, -0.15) is 0 Å². The predicted octanol–water partition coefficient (Wildman–Crippen LogP) is 2.07. The molecule has 0 aromatic carbocycles. The average Bonchev–Trinajstić information content (AvgIpc) is 2.77. The zero-order valence-corrected chi connectivity index (χ0v) is 10.2. The number of fused-ring (bicyclic) bond motifs is 6. The maximum Gasteiger partial charge on any atom is 0.160 e. The Morgan fingerprint density at radius 3 is 2.67 bits per heavy atom. The van der Waals surface area contributed by atoms with Crippen LogP contribution >= 0.6 is 0 Å². The van der Waals surface area contributed by atoms with Crippen molar-refractivity contribution in [2.24, 2.45) is 23.7 Å². The molecule has 0 aliphatic heterocycles. The number of anilines is 1. The van der Waals surface area contributed by atoms with E-state index in [0.29, 0.717) is 5.92 Å². The third-order valence-electron chi connectivity index (χ3n) is 5.49. The van der Waals surface area contributed by atoms with Crippen molar-refractivity contribution in [1.29, 1.82) is 0 Å². The van der Waals surface area contributed by atoms with E-state index in [9.17, 15) is 0 Å². The number of nitrogens with zero attached hydrogens (tertiary/aromatic N) is 3. The molecule has 5 rings (SSSR count). The van der Waals surface area contributed by atoms with Gasteiger partial charge < -0.3 is 5.73 Å². The lowest BCUT2D eigenvalue weighted by Crippen LogP contribution is -2.02. The highest BCUT2D eigenvalue weighted by molar-refractivity contribution is 5.48. The van der Waals surface area contributed by atoms with E-state index in [2.05, 4.69) is 14.6 Å². The maximum atomic E-state index is 5.88. The van der Waals surface area contributed by atoms with Crippen LogP contribution in [0.1, 0.15) is 31.0 Å². The van der Waals surface area contributed by atoms with Crippen LogP contribution in [0, 0.1) is 23.7 Å². The van der Waals surface area contributed by atoms with Gasteiger partial charge in [0.2, 0.25) is 0 Å². The fourth-order valence-corrected chi connectivity index (χ4v) is 4.82. The highest BCUT2D eigenvalue weighted by Gasteiger charge is 2.66. The molecular formula is C14H16N4. The molecule has 92 valence electrons. The van der Waals surface area contributed by atoms with Crippen LogP contribution in [-0.2, 0) is 0 Å². The molecule has 3 saturated carbocycles. The summed E-state index contributed by atoms with van der Waals surface area (Å²) in [7, 11) is 0. The second-order valence-electron chi connectivity index (χ2n) is 6.26. The topological polar surface area (TPSA) is 56.2 Å². The Hall–Kier alpha value is -1.58. The van der Waals surface area contributed by atoms with Gasteiger partial charge in [0.1, 0.15) is 5.82 Å². The summed E-state index contributed by atoms with van der Waals surface area (Å²) in [5.74, 6) is 5.56. The number of pyridine rings is 1. The largest absolute Gasteiger partial charge is 0.398 e. The van der Waals surface area contributed by atoms with Crippen LogP contribution in [0.15, 0.2) is 18.3 Å². The van der Waals surface area contributed by atoms with E-state index in [1.54, 1.807) is 0 Å². The molecule has 4 atom stereocenters. The van der Waals surface area contributed by atoms with E-state index in [-0.39, 0.29) is 0 Å². The second kappa shape index (κ2) is 2.87. The maximum absolute atomic E-state index is 5.88. The first-order valence-corrected chi connectivity index (χ1v) is 6.93. The zero-order valence-electron chi connectivity index (χ0n) is 10.2. The Balaban J connectivity index is 1.62. The molecule has 2 aromatic rings. The van der Waals surface area contributed by atoms with Crippen molar-refractivity contribution >= 4 is 11.3 Å². The van der Waals surface area contributed by atoms with Crippen LogP contribution in [0.3, 0.4) is 0 Å². The monoisotopic (exact) mass is 240 g/mol. The smallest absolute Gasteiger partial charge is 0.160 e. The van der Waals surface area contributed by atoms with Gasteiger partial charge in [0.05, 0.1) is 0 Å². The highest BCUT2D eigenvalue weighted by atomic mass is 15.3. The summed E-state index contributed by atoms with van der Waals surface area (Å²) >= 11 is 0. The van der Waals surface area contributed by atoms with Crippen molar-refractivity contribution in [3.63, 3.8) is 0 Å². The van der Waals surface area contributed by atoms with Crippen molar-refractivity contribution < 1.29 is 0 Å². The Morgan fingerprint density at radius 1 is 1.11 bits per heavy atom. The van der Waals surface area contributed by atoms with Crippen LogP contribution in [0.25, 0.3) is 5.65 Å². The number of rotatable bonds is 1. The van der Waals surface area contributed by atoms with Crippen molar-refractivity contribution in [2.75, 3.05) is 5.73 Å². The molecule has 2 N–H and O–H groups in total. The highest BCUT2D eigenvalue weighted by Crippen LogP contribution is 2.72. The summed E-state index contributed by atoms with van der Waals surface area (Å²) in [6.45, 7) is 0. The molecule has 3 fully saturated rings. The summed E-state index contributed by atoms with van der Waals surface area (Å²) in [6.07, 6.45) is 6.34. The van der Waals surface area contributed by atoms with Gasteiger partial charge in [-0.25, -0.2) is 0 Å². The van der Waals surface area contributed by atoms with Crippen molar-refractivity contribution in [3.05, 3.63) is 24.2 Å². The lowest BCUT2D eigenvalue weighted by molar-refractivity contribution is 0.456. The molecule has 0 amide bonds. The van der Waals surface area contributed by atoms with Gasteiger partial charge >= 0.3 is 0 Å². The fourth-order valence-electron chi connectivity index (χ4n) is 4.82. The van der Waals surface area contributed by atoms with Gasteiger partial charge in [-0.05, 0) is 55.1 Å². The molecule has 18 heavy (non-hydrogen) atoms. The third-order valence-corrected chi connectivity index (χ3v) is 5.49. The van der Waals surface area contributed by atoms with Crippen LogP contribution in [-0.4, -0.2) is 14.6 Å². The Bertz CT molecular complexity index is 630. The van der Waals surface area contributed by atoms with Gasteiger partial charge in [-0.3, -0.25) is 4.40 Å². The first-order valence-electron chi connectivity index (χ1n) is 6.93. The second-order valence-corrected chi connectivity index (χ2v) is 6.26. The lowest BCUT2D eigenvalue weighted by Gasteiger charge is -2.07. The number of aromatic nitrogens is 3. The number of hydrogen-bond acceptors (Lipinski definition) is 3. The predicted molar refractivity (Wildman–Crippen MR) is 68.0 cm³/mol. The van der Waals surface area contributed by atoms with E-state index in [0.717, 1.165) is 40.8 Å². The Morgan fingerprint density at radius 2 is 1.89 bits per heavy atom. The fraction of sp³-hybridized carbons (Fsp3) is 0.571. The number of nitrogen functional groups attached to an aromatic ring is 1. The van der Waals surface area contributed by atoms with Crippen LogP contribution in [0.2, 0.25) is 0 Å². The first-order chi connectivity index (χ1) is 8.83. The molecule has 2 aromatic heterocycles. The van der Waals surface area contributed by atoms with E-state index in [4.69, 9.17) is 5.73 Å². The molecule has 4 heteroatoms. The summed E-state index contributed by atoms with van der Waals surface area (Å²) in [5, 5.41) is 8.71. The molecule has 0 saturated heterocycles. The molecule has 4 nitrogen and oxygen atoms in total. The normalized spacial score (nSPS) is 40.3. The van der Waals surface area contributed by atoms with Gasteiger partial charge in [0.25, 0.3) is 0 Å². The number of nitrogens with two attached hydrogens (primary N) is 1. The molecule has 3 aliphatic rings. The lowest BCUT2D eigenvalue weighted by atomic mass is 10.0. The summed E-state index contributed by atoms with van der Waals surface area (Å²) < 4.78 is 2.11. The molecule has 4 unspecified atom stereocenters.